The third-order valence-corrected chi connectivity index (χ3v) is 4.25. The second-order valence-electron chi connectivity index (χ2n) is 5.92. The van der Waals surface area contributed by atoms with E-state index in [9.17, 15) is 9.50 Å². The van der Waals surface area contributed by atoms with Crippen molar-refractivity contribution in [1.82, 2.24) is 4.98 Å². The van der Waals surface area contributed by atoms with Crippen LogP contribution < -0.4 is 15.0 Å². The monoisotopic (exact) mass is 331 g/mol. The van der Waals surface area contributed by atoms with Crippen molar-refractivity contribution in [2.24, 2.45) is 0 Å². The Hall–Kier alpha value is -2.34. The zero-order chi connectivity index (χ0) is 16.9. The molecule has 6 heteroatoms. The molecule has 0 amide bonds. The number of halogens is 1. The van der Waals surface area contributed by atoms with Gasteiger partial charge in [0.1, 0.15) is 0 Å². The SMILES string of the molecule is COc1ccc(CNc2cccnc2N2CCC(O)CC2)cc1F. The van der Waals surface area contributed by atoms with E-state index in [1.807, 2.05) is 18.2 Å². The van der Waals surface area contributed by atoms with E-state index in [-0.39, 0.29) is 17.7 Å². The number of benzene rings is 1. The standard InChI is InChI=1S/C18H22FN3O2/c1-24-17-5-4-13(11-15(17)19)12-21-16-3-2-8-20-18(16)22-9-6-14(23)7-10-22/h2-5,8,11,14,21,23H,6-7,9-10,12H2,1H3. The van der Waals surface area contributed by atoms with Gasteiger partial charge in [-0.1, -0.05) is 6.07 Å². The second-order valence-corrected chi connectivity index (χ2v) is 5.92. The van der Waals surface area contributed by atoms with Crippen molar-refractivity contribution in [2.75, 3.05) is 30.4 Å². The largest absolute Gasteiger partial charge is 0.494 e. The van der Waals surface area contributed by atoms with Gasteiger partial charge in [0.15, 0.2) is 17.4 Å². The number of ether oxygens (including phenoxy) is 1. The van der Waals surface area contributed by atoms with E-state index in [0.29, 0.717) is 6.54 Å². The summed E-state index contributed by atoms with van der Waals surface area (Å²) in [5, 5.41) is 13.0. The fourth-order valence-electron chi connectivity index (χ4n) is 2.88. The number of nitrogens with zero attached hydrogens (tertiary/aromatic N) is 2. The molecule has 2 heterocycles. The van der Waals surface area contributed by atoms with Crippen molar-refractivity contribution in [1.29, 1.82) is 0 Å². The molecule has 1 fully saturated rings. The van der Waals surface area contributed by atoms with Crippen LogP contribution >= 0.6 is 0 Å². The topological polar surface area (TPSA) is 57.6 Å². The minimum atomic E-state index is -0.367. The summed E-state index contributed by atoms with van der Waals surface area (Å²) >= 11 is 0. The number of methoxy groups -OCH3 is 1. The van der Waals surface area contributed by atoms with E-state index < -0.39 is 0 Å². The van der Waals surface area contributed by atoms with Crippen LogP contribution in [0.25, 0.3) is 0 Å². The Kier molecular flexibility index (Phi) is 5.15. The lowest BCUT2D eigenvalue weighted by Crippen LogP contribution is -2.36. The Labute approximate surface area is 141 Å². The van der Waals surface area contributed by atoms with Crippen LogP contribution in [0.15, 0.2) is 36.5 Å². The van der Waals surface area contributed by atoms with Gasteiger partial charge in [-0.15, -0.1) is 0 Å². The number of aliphatic hydroxyl groups excluding tert-OH is 1. The normalized spacial score (nSPS) is 15.4. The van der Waals surface area contributed by atoms with Crippen molar-refractivity contribution in [2.45, 2.75) is 25.5 Å². The average Bonchev–Trinajstić information content (AvgIpc) is 2.61. The maximum absolute atomic E-state index is 13.8. The van der Waals surface area contributed by atoms with Gasteiger partial charge in [-0.25, -0.2) is 9.37 Å². The third-order valence-electron chi connectivity index (χ3n) is 4.25. The predicted octanol–water partition coefficient (Wildman–Crippen LogP) is 2.80. The van der Waals surface area contributed by atoms with Crippen molar-refractivity contribution in [3.63, 3.8) is 0 Å². The van der Waals surface area contributed by atoms with E-state index in [1.165, 1.54) is 13.2 Å². The zero-order valence-electron chi connectivity index (χ0n) is 13.7. The molecule has 1 aromatic heterocycles. The highest BCUT2D eigenvalue weighted by Crippen LogP contribution is 2.26. The quantitative estimate of drug-likeness (QED) is 0.882. The summed E-state index contributed by atoms with van der Waals surface area (Å²) in [6.45, 7) is 2.06. The van der Waals surface area contributed by atoms with Gasteiger partial charge >= 0.3 is 0 Å². The van der Waals surface area contributed by atoms with Crippen molar-refractivity contribution < 1.29 is 14.2 Å². The first-order valence-electron chi connectivity index (χ1n) is 8.11. The van der Waals surface area contributed by atoms with Crippen LogP contribution in [0, 0.1) is 5.82 Å². The molecule has 0 spiro atoms. The van der Waals surface area contributed by atoms with Gasteiger partial charge in [0.25, 0.3) is 0 Å². The average molecular weight is 331 g/mol. The van der Waals surface area contributed by atoms with Crippen molar-refractivity contribution >= 4 is 11.5 Å². The molecule has 0 unspecified atom stereocenters. The van der Waals surface area contributed by atoms with Crippen LogP contribution in [-0.4, -0.2) is 36.4 Å². The number of anilines is 2. The van der Waals surface area contributed by atoms with Gasteiger partial charge in [-0.2, -0.15) is 0 Å². The molecular formula is C18H22FN3O2. The summed E-state index contributed by atoms with van der Waals surface area (Å²) in [5.41, 5.74) is 1.74. The molecule has 128 valence electrons. The first-order valence-corrected chi connectivity index (χ1v) is 8.11. The Morgan fingerprint density at radius 3 is 2.83 bits per heavy atom. The third kappa shape index (κ3) is 3.76. The molecule has 1 aliphatic heterocycles. The van der Waals surface area contributed by atoms with Crippen LogP contribution in [0.1, 0.15) is 18.4 Å². The highest BCUT2D eigenvalue weighted by atomic mass is 19.1. The van der Waals surface area contributed by atoms with Gasteiger partial charge in [0, 0.05) is 25.8 Å². The molecule has 0 aliphatic carbocycles. The molecule has 0 atom stereocenters. The molecule has 24 heavy (non-hydrogen) atoms. The molecule has 2 aromatic rings. The predicted molar refractivity (Wildman–Crippen MR) is 92.0 cm³/mol. The number of aliphatic hydroxyl groups is 1. The van der Waals surface area contributed by atoms with E-state index in [1.54, 1.807) is 12.3 Å². The molecule has 1 aromatic carbocycles. The van der Waals surface area contributed by atoms with Crippen LogP contribution in [0.4, 0.5) is 15.9 Å². The Bertz CT molecular complexity index is 688. The van der Waals surface area contributed by atoms with E-state index in [0.717, 1.165) is 43.0 Å². The minimum absolute atomic E-state index is 0.219. The second kappa shape index (κ2) is 7.49. The van der Waals surface area contributed by atoms with E-state index in [4.69, 9.17) is 4.74 Å². The highest BCUT2D eigenvalue weighted by Gasteiger charge is 2.20. The number of nitrogens with one attached hydrogen (secondary N) is 1. The van der Waals surface area contributed by atoms with E-state index in [2.05, 4.69) is 15.2 Å². The number of rotatable bonds is 5. The molecule has 1 aliphatic rings. The Morgan fingerprint density at radius 1 is 1.33 bits per heavy atom. The molecular weight excluding hydrogens is 309 g/mol. The lowest BCUT2D eigenvalue weighted by molar-refractivity contribution is 0.145. The summed E-state index contributed by atoms with van der Waals surface area (Å²) in [7, 11) is 1.45. The number of hydrogen-bond donors (Lipinski definition) is 2. The lowest BCUT2D eigenvalue weighted by Gasteiger charge is -2.31. The Morgan fingerprint density at radius 2 is 2.12 bits per heavy atom. The number of piperidine rings is 1. The first-order chi connectivity index (χ1) is 11.7. The van der Waals surface area contributed by atoms with Crippen molar-refractivity contribution in [3.8, 4) is 5.75 Å². The van der Waals surface area contributed by atoms with E-state index >= 15 is 0 Å². The molecule has 3 rings (SSSR count). The van der Waals surface area contributed by atoms with Crippen LogP contribution in [0.5, 0.6) is 5.75 Å². The summed E-state index contributed by atoms with van der Waals surface area (Å²) < 4.78 is 18.7. The van der Waals surface area contributed by atoms with Crippen LogP contribution in [-0.2, 0) is 6.54 Å². The minimum Gasteiger partial charge on any atom is -0.494 e. The number of pyridine rings is 1. The summed E-state index contributed by atoms with van der Waals surface area (Å²) in [6, 6.07) is 8.77. The molecule has 1 saturated heterocycles. The number of aromatic nitrogens is 1. The summed E-state index contributed by atoms with van der Waals surface area (Å²) in [5.74, 6) is 0.749. The molecule has 0 saturated carbocycles. The molecule has 5 nitrogen and oxygen atoms in total. The van der Waals surface area contributed by atoms with Gasteiger partial charge in [-0.3, -0.25) is 0 Å². The van der Waals surface area contributed by atoms with Gasteiger partial charge in [-0.05, 0) is 42.7 Å². The lowest BCUT2D eigenvalue weighted by atomic mass is 10.1. The summed E-state index contributed by atoms with van der Waals surface area (Å²) in [6.07, 6.45) is 3.04. The Balaban J connectivity index is 1.70. The zero-order valence-corrected chi connectivity index (χ0v) is 13.7. The van der Waals surface area contributed by atoms with Crippen LogP contribution in [0.2, 0.25) is 0 Å². The fourth-order valence-corrected chi connectivity index (χ4v) is 2.88. The highest BCUT2D eigenvalue weighted by molar-refractivity contribution is 5.65. The van der Waals surface area contributed by atoms with Gasteiger partial charge < -0.3 is 20.1 Å². The molecule has 2 N–H and O–H groups in total. The fraction of sp³-hybridized carbons (Fsp3) is 0.389. The maximum Gasteiger partial charge on any atom is 0.165 e. The maximum atomic E-state index is 13.8. The van der Waals surface area contributed by atoms with Gasteiger partial charge in [0.2, 0.25) is 0 Å². The molecule has 0 bridgehead atoms. The smallest absolute Gasteiger partial charge is 0.165 e. The van der Waals surface area contributed by atoms with Crippen LogP contribution in [0.3, 0.4) is 0 Å². The first kappa shape index (κ1) is 16.5. The van der Waals surface area contributed by atoms with Crippen molar-refractivity contribution in [3.05, 3.63) is 47.9 Å². The molecule has 0 radical (unpaired) electrons. The van der Waals surface area contributed by atoms with Gasteiger partial charge in [0.05, 0.1) is 18.9 Å². The summed E-state index contributed by atoms with van der Waals surface area (Å²) in [4.78, 5) is 6.64. The number of hydrogen-bond acceptors (Lipinski definition) is 5.